The van der Waals surface area contributed by atoms with Crippen molar-refractivity contribution in [3.63, 3.8) is 0 Å². The lowest BCUT2D eigenvalue weighted by Crippen LogP contribution is -2.30. The minimum absolute atomic E-state index is 0.0000444. The van der Waals surface area contributed by atoms with E-state index in [-0.39, 0.29) is 29.3 Å². The molecule has 0 bridgehead atoms. The number of halogens is 2. The van der Waals surface area contributed by atoms with Crippen molar-refractivity contribution < 1.29 is 8.42 Å². The Balaban J connectivity index is 1.75. The van der Waals surface area contributed by atoms with Gasteiger partial charge < -0.3 is 5.32 Å². The number of allylic oxidation sites excluding steroid dienone is 2. The van der Waals surface area contributed by atoms with Crippen LogP contribution in [-0.4, -0.2) is 15.0 Å². The van der Waals surface area contributed by atoms with Gasteiger partial charge in [-0.25, -0.2) is 13.1 Å². The van der Waals surface area contributed by atoms with Crippen LogP contribution < -0.4 is 10.0 Å². The van der Waals surface area contributed by atoms with Gasteiger partial charge in [-0.1, -0.05) is 53.6 Å². The average Bonchev–Trinajstić information content (AvgIpc) is 3.18. The number of anilines is 1. The van der Waals surface area contributed by atoms with Gasteiger partial charge in [0.25, 0.3) is 0 Å². The molecule has 2 N–H and O–H groups in total. The minimum atomic E-state index is -3.57. The van der Waals surface area contributed by atoms with Crippen molar-refractivity contribution in [2.24, 2.45) is 5.92 Å². The van der Waals surface area contributed by atoms with Gasteiger partial charge in [0.1, 0.15) is 0 Å². The Morgan fingerprint density at radius 2 is 2.04 bits per heavy atom. The van der Waals surface area contributed by atoms with Gasteiger partial charge >= 0.3 is 0 Å². The van der Waals surface area contributed by atoms with Crippen LogP contribution in [0.15, 0.2) is 66.1 Å². The normalized spacial score (nSPS) is 23.0. The molecule has 1 aliphatic heterocycles. The summed E-state index contributed by atoms with van der Waals surface area (Å²) in [5, 5.41) is 4.65. The lowest BCUT2D eigenvalue weighted by atomic mass is 9.77. The van der Waals surface area contributed by atoms with Crippen LogP contribution >= 0.6 is 23.2 Å². The fraction of sp³-hybridized carbons (Fsp3) is 0.238. The molecule has 0 radical (unpaired) electrons. The Hall–Kier alpha value is -1.79. The molecule has 1 heterocycles. The number of benzene rings is 2. The lowest BCUT2D eigenvalue weighted by Gasteiger charge is -2.38. The van der Waals surface area contributed by atoms with Gasteiger partial charge in [-0.2, -0.15) is 0 Å². The first kappa shape index (κ1) is 19.5. The Bertz CT molecular complexity index is 1070. The summed E-state index contributed by atoms with van der Waals surface area (Å²) in [5.41, 5.74) is 2.86. The van der Waals surface area contributed by atoms with Gasteiger partial charge in [-0.3, -0.25) is 0 Å². The van der Waals surface area contributed by atoms with Crippen LogP contribution in [0.2, 0.25) is 10.0 Å². The molecule has 2 aromatic carbocycles. The summed E-state index contributed by atoms with van der Waals surface area (Å²) in [6.07, 6.45) is 6.71. The third-order valence-electron chi connectivity index (χ3n) is 5.38. The SMILES string of the molecule is C=CCNS(=O)(=O)c1ccc2c(c1)C1C=CCC1C(c1cccc(Cl)c1Cl)N2. The molecular weight excluding hydrogens is 415 g/mol. The van der Waals surface area contributed by atoms with E-state index >= 15 is 0 Å². The molecule has 0 fully saturated rings. The number of rotatable bonds is 5. The van der Waals surface area contributed by atoms with Crippen molar-refractivity contribution in [2.45, 2.75) is 23.3 Å². The second kappa shape index (κ2) is 7.56. The van der Waals surface area contributed by atoms with Crippen LogP contribution in [0.5, 0.6) is 0 Å². The van der Waals surface area contributed by atoms with Crippen molar-refractivity contribution in [1.29, 1.82) is 0 Å². The highest BCUT2D eigenvalue weighted by atomic mass is 35.5. The first-order valence-electron chi connectivity index (χ1n) is 9.04. The Morgan fingerprint density at radius 1 is 1.21 bits per heavy atom. The van der Waals surface area contributed by atoms with Crippen molar-refractivity contribution in [1.82, 2.24) is 4.72 Å². The summed E-state index contributed by atoms with van der Waals surface area (Å²) < 4.78 is 27.5. The van der Waals surface area contributed by atoms with Crippen molar-refractivity contribution in [3.05, 3.63) is 82.4 Å². The predicted molar refractivity (Wildman–Crippen MR) is 115 cm³/mol. The van der Waals surface area contributed by atoms with Crippen LogP contribution in [0.1, 0.15) is 29.5 Å². The lowest BCUT2D eigenvalue weighted by molar-refractivity contribution is 0.425. The Morgan fingerprint density at radius 3 is 2.82 bits per heavy atom. The van der Waals surface area contributed by atoms with E-state index in [1.54, 1.807) is 18.2 Å². The third-order valence-corrected chi connectivity index (χ3v) is 7.63. The summed E-state index contributed by atoms with van der Waals surface area (Å²) in [5.74, 6) is 0.355. The van der Waals surface area contributed by atoms with Gasteiger partial charge in [0.05, 0.1) is 21.0 Å². The van der Waals surface area contributed by atoms with Crippen LogP contribution in [0.25, 0.3) is 0 Å². The maximum atomic E-state index is 12.5. The summed E-state index contributed by atoms with van der Waals surface area (Å²) in [6, 6.07) is 10.9. The predicted octanol–water partition coefficient (Wildman–Crippen LogP) is 5.28. The maximum Gasteiger partial charge on any atom is 0.240 e. The molecule has 0 saturated carbocycles. The molecule has 7 heteroatoms. The molecule has 28 heavy (non-hydrogen) atoms. The molecular formula is C21H20Cl2N2O2S. The van der Waals surface area contributed by atoms with E-state index in [0.717, 1.165) is 23.2 Å². The fourth-order valence-electron chi connectivity index (χ4n) is 4.06. The summed E-state index contributed by atoms with van der Waals surface area (Å²) in [7, 11) is -3.57. The molecule has 3 unspecified atom stereocenters. The molecule has 0 aromatic heterocycles. The van der Waals surface area contributed by atoms with Gasteiger partial charge in [0, 0.05) is 18.2 Å². The van der Waals surface area contributed by atoms with Crippen molar-refractivity contribution >= 4 is 38.9 Å². The van der Waals surface area contributed by atoms with Crippen LogP contribution in [0, 0.1) is 5.92 Å². The minimum Gasteiger partial charge on any atom is -0.378 e. The first-order chi connectivity index (χ1) is 13.4. The highest BCUT2D eigenvalue weighted by Gasteiger charge is 2.39. The molecule has 146 valence electrons. The third kappa shape index (κ3) is 3.37. The molecule has 0 amide bonds. The van der Waals surface area contributed by atoms with Crippen LogP contribution in [0.3, 0.4) is 0 Å². The Kier molecular flexibility index (Phi) is 5.27. The molecule has 0 saturated heterocycles. The topological polar surface area (TPSA) is 58.2 Å². The average molecular weight is 435 g/mol. The van der Waals surface area contributed by atoms with Gasteiger partial charge in [0.2, 0.25) is 10.0 Å². The smallest absolute Gasteiger partial charge is 0.240 e. The fourth-order valence-corrected chi connectivity index (χ4v) is 5.52. The number of fused-ring (bicyclic) bond motifs is 3. The van der Waals surface area contributed by atoms with Gasteiger partial charge in [0.15, 0.2) is 0 Å². The first-order valence-corrected chi connectivity index (χ1v) is 11.3. The molecule has 1 aliphatic carbocycles. The standard InChI is InChI=1S/C21H20Cl2N2O2S/c1-2-11-24-28(26,27)13-9-10-19-17(12-13)14-5-3-6-15(14)21(25-19)16-7-4-8-18(22)20(16)23/h2-5,7-10,12,14-15,21,24-25H,1,6,11H2. The zero-order valence-electron chi connectivity index (χ0n) is 15.0. The zero-order chi connectivity index (χ0) is 19.9. The van der Waals surface area contributed by atoms with Gasteiger partial charge in [-0.15, -0.1) is 6.58 Å². The van der Waals surface area contributed by atoms with Crippen molar-refractivity contribution in [2.75, 3.05) is 11.9 Å². The molecule has 2 aromatic rings. The van der Waals surface area contributed by atoms with E-state index in [2.05, 4.69) is 28.8 Å². The highest BCUT2D eigenvalue weighted by molar-refractivity contribution is 7.89. The zero-order valence-corrected chi connectivity index (χ0v) is 17.4. The molecule has 2 aliphatic rings. The quantitative estimate of drug-likeness (QED) is 0.628. The van der Waals surface area contributed by atoms with E-state index in [0.29, 0.717) is 10.0 Å². The van der Waals surface area contributed by atoms with E-state index in [4.69, 9.17) is 23.2 Å². The number of hydrogen-bond donors (Lipinski definition) is 2. The van der Waals surface area contributed by atoms with E-state index in [1.807, 2.05) is 18.2 Å². The molecule has 4 rings (SSSR count). The Labute approximate surface area is 175 Å². The highest BCUT2D eigenvalue weighted by Crippen LogP contribution is 2.51. The molecule has 4 nitrogen and oxygen atoms in total. The summed E-state index contributed by atoms with van der Waals surface area (Å²) in [4.78, 5) is 0.258. The summed E-state index contributed by atoms with van der Waals surface area (Å²) >= 11 is 12.7. The molecule has 3 atom stereocenters. The number of sulfonamides is 1. The van der Waals surface area contributed by atoms with Crippen LogP contribution in [-0.2, 0) is 10.0 Å². The number of nitrogens with one attached hydrogen (secondary N) is 2. The summed E-state index contributed by atoms with van der Waals surface area (Å²) in [6.45, 7) is 3.75. The second-order valence-corrected chi connectivity index (χ2v) is 9.56. The number of hydrogen-bond acceptors (Lipinski definition) is 3. The second-order valence-electron chi connectivity index (χ2n) is 7.01. The van der Waals surface area contributed by atoms with E-state index < -0.39 is 10.0 Å². The maximum absolute atomic E-state index is 12.5. The monoisotopic (exact) mass is 434 g/mol. The van der Waals surface area contributed by atoms with Crippen molar-refractivity contribution in [3.8, 4) is 0 Å². The molecule has 0 spiro atoms. The van der Waals surface area contributed by atoms with E-state index in [9.17, 15) is 8.42 Å². The van der Waals surface area contributed by atoms with E-state index in [1.165, 1.54) is 6.08 Å². The largest absolute Gasteiger partial charge is 0.378 e. The van der Waals surface area contributed by atoms with Gasteiger partial charge in [-0.05, 0) is 47.7 Å². The van der Waals surface area contributed by atoms with Crippen LogP contribution in [0.4, 0.5) is 5.69 Å².